The summed E-state index contributed by atoms with van der Waals surface area (Å²) in [6, 6.07) is 9.68. The van der Waals surface area contributed by atoms with Crippen LogP contribution in [0.1, 0.15) is 24.8 Å². The van der Waals surface area contributed by atoms with Crippen molar-refractivity contribution in [2.45, 2.75) is 31.3 Å². The Hall–Kier alpha value is -1.88. The normalized spacial score (nSPS) is 22.8. The molecule has 5 nitrogen and oxygen atoms in total. The van der Waals surface area contributed by atoms with Gasteiger partial charge in [0.1, 0.15) is 5.54 Å². The Balaban J connectivity index is 2.04. The van der Waals surface area contributed by atoms with E-state index in [1.165, 1.54) is 0 Å². The molecule has 1 aromatic rings. The second-order valence-corrected chi connectivity index (χ2v) is 5.37. The summed E-state index contributed by atoms with van der Waals surface area (Å²) in [7, 11) is 0. The lowest BCUT2D eigenvalue weighted by Crippen LogP contribution is -2.59. The van der Waals surface area contributed by atoms with Gasteiger partial charge in [-0.3, -0.25) is 9.59 Å². The maximum Gasteiger partial charge on any atom is 0.241 e. The Labute approximate surface area is 119 Å². The molecule has 1 saturated heterocycles. The molecule has 0 radical (unpaired) electrons. The van der Waals surface area contributed by atoms with Gasteiger partial charge in [0, 0.05) is 19.6 Å². The molecule has 1 aliphatic heterocycles. The van der Waals surface area contributed by atoms with Gasteiger partial charge in [-0.05, 0) is 24.8 Å². The Morgan fingerprint density at radius 3 is 2.75 bits per heavy atom. The van der Waals surface area contributed by atoms with Gasteiger partial charge in [-0.25, -0.2) is 0 Å². The highest BCUT2D eigenvalue weighted by molar-refractivity contribution is 5.86. The Morgan fingerprint density at radius 1 is 1.30 bits per heavy atom. The molecule has 0 bridgehead atoms. The fourth-order valence-corrected chi connectivity index (χ4v) is 2.52. The fraction of sp³-hybridized carbons (Fsp3) is 0.467. The molecule has 1 unspecified atom stereocenters. The van der Waals surface area contributed by atoms with Gasteiger partial charge in [0.05, 0.1) is 0 Å². The zero-order valence-corrected chi connectivity index (χ0v) is 11.5. The summed E-state index contributed by atoms with van der Waals surface area (Å²) in [5.41, 5.74) is 6.27. The molecule has 5 heteroatoms. The number of nitrogens with zero attached hydrogens (tertiary/aromatic N) is 1. The van der Waals surface area contributed by atoms with Gasteiger partial charge >= 0.3 is 0 Å². The number of nitrogens with two attached hydrogens (primary N) is 1. The molecule has 20 heavy (non-hydrogen) atoms. The molecule has 3 N–H and O–H groups in total. The average Bonchev–Trinajstić information content (AvgIpc) is 2.62. The first-order valence-corrected chi connectivity index (χ1v) is 6.94. The van der Waals surface area contributed by atoms with Crippen LogP contribution in [0.25, 0.3) is 0 Å². The lowest BCUT2D eigenvalue weighted by atomic mass is 9.93. The van der Waals surface area contributed by atoms with Crippen LogP contribution in [0.5, 0.6) is 0 Å². The number of amides is 2. The van der Waals surface area contributed by atoms with Gasteiger partial charge < -0.3 is 16.0 Å². The molecule has 1 heterocycles. The summed E-state index contributed by atoms with van der Waals surface area (Å²) < 4.78 is 0. The summed E-state index contributed by atoms with van der Waals surface area (Å²) >= 11 is 0. The highest BCUT2D eigenvalue weighted by Crippen LogP contribution is 2.17. The minimum absolute atomic E-state index is 0.157. The maximum absolute atomic E-state index is 12.1. The van der Waals surface area contributed by atoms with E-state index in [0.29, 0.717) is 19.5 Å². The van der Waals surface area contributed by atoms with E-state index in [0.717, 1.165) is 24.8 Å². The van der Waals surface area contributed by atoms with Gasteiger partial charge in [-0.15, -0.1) is 0 Å². The number of benzene rings is 1. The van der Waals surface area contributed by atoms with Crippen molar-refractivity contribution in [3.63, 3.8) is 0 Å². The van der Waals surface area contributed by atoms with Crippen molar-refractivity contribution in [2.24, 2.45) is 5.73 Å². The maximum atomic E-state index is 12.1. The van der Waals surface area contributed by atoms with Gasteiger partial charge in [0.2, 0.25) is 12.3 Å². The minimum Gasteiger partial charge on any atom is -0.354 e. The van der Waals surface area contributed by atoms with Gasteiger partial charge in [0.25, 0.3) is 0 Å². The van der Waals surface area contributed by atoms with Crippen molar-refractivity contribution in [1.29, 1.82) is 0 Å². The molecular weight excluding hydrogens is 254 g/mol. The van der Waals surface area contributed by atoms with Crippen molar-refractivity contribution >= 4 is 12.3 Å². The van der Waals surface area contributed by atoms with Crippen LogP contribution in [0.3, 0.4) is 0 Å². The molecule has 1 fully saturated rings. The third kappa shape index (κ3) is 3.57. The molecular formula is C15H21N3O2. The summed E-state index contributed by atoms with van der Waals surface area (Å²) in [4.78, 5) is 24.9. The Morgan fingerprint density at radius 2 is 2.05 bits per heavy atom. The van der Waals surface area contributed by atoms with Crippen LogP contribution in [-0.2, 0) is 16.1 Å². The highest BCUT2D eigenvalue weighted by Gasteiger charge is 2.36. The lowest BCUT2D eigenvalue weighted by molar-refractivity contribution is -0.128. The largest absolute Gasteiger partial charge is 0.354 e. The zero-order chi connectivity index (χ0) is 14.4. The van der Waals surface area contributed by atoms with Crippen LogP contribution in [0.2, 0.25) is 0 Å². The topological polar surface area (TPSA) is 75.4 Å². The van der Waals surface area contributed by atoms with Crippen LogP contribution in [-0.4, -0.2) is 35.8 Å². The number of carbonyl (C=O) groups is 2. The molecule has 0 aliphatic carbocycles. The number of rotatable bonds is 5. The van der Waals surface area contributed by atoms with Gasteiger partial charge in [0.15, 0.2) is 0 Å². The first kappa shape index (κ1) is 14.5. The number of hydrogen-bond donors (Lipinski definition) is 2. The van der Waals surface area contributed by atoms with E-state index < -0.39 is 5.54 Å². The van der Waals surface area contributed by atoms with Crippen molar-refractivity contribution < 1.29 is 9.59 Å². The minimum atomic E-state index is -0.980. The second kappa shape index (κ2) is 6.52. The summed E-state index contributed by atoms with van der Waals surface area (Å²) in [5, 5.41) is 2.82. The van der Waals surface area contributed by atoms with E-state index >= 15 is 0 Å². The van der Waals surface area contributed by atoms with E-state index in [2.05, 4.69) is 5.32 Å². The van der Waals surface area contributed by atoms with E-state index in [4.69, 9.17) is 5.73 Å². The van der Waals surface area contributed by atoms with Crippen LogP contribution >= 0.6 is 0 Å². The molecule has 1 aliphatic rings. The molecule has 1 aromatic carbocycles. The SMILES string of the molecule is NC1(CN(C=O)Cc2ccccc2)CCCCNC1=O. The standard InChI is InChI=1S/C15H21N3O2/c16-15(8-4-5-9-17-14(15)20)11-18(12-19)10-13-6-2-1-3-7-13/h1-3,6-7,12H,4-5,8-11,16H2,(H,17,20). The molecule has 2 rings (SSSR count). The molecule has 0 aromatic heterocycles. The quantitative estimate of drug-likeness (QED) is 0.774. The zero-order valence-electron chi connectivity index (χ0n) is 11.5. The first-order chi connectivity index (χ1) is 9.64. The van der Waals surface area contributed by atoms with E-state index in [1.54, 1.807) is 4.90 Å². The Bertz CT molecular complexity index is 463. The van der Waals surface area contributed by atoms with Crippen molar-refractivity contribution in [3.8, 4) is 0 Å². The van der Waals surface area contributed by atoms with E-state index in [1.807, 2.05) is 30.3 Å². The molecule has 108 valence electrons. The monoisotopic (exact) mass is 275 g/mol. The average molecular weight is 275 g/mol. The molecule has 1 atom stereocenters. The van der Waals surface area contributed by atoms with Crippen LogP contribution in [0.4, 0.5) is 0 Å². The number of hydrogen-bond acceptors (Lipinski definition) is 3. The van der Waals surface area contributed by atoms with E-state index in [-0.39, 0.29) is 12.5 Å². The second-order valence-electron chi connectivity index (χ2n) is 5.37. The predicted molar refractivity (Wildman–Crippen MR) is 76.7 cm³/mol. The molecule has 0 spiro atoms. The van der Waals surface area contributed by atoms with E-state index in [9.17, 15) is 9.59 Å². The first-order valence-electron chi connectivity index (χ1n) is 6.94. The van der Waals surface area contributed by atoms with Gasteiger partial charge in [-0.2, -0.15) is 0 Å². The van der Waals surface area contributed by atoms with Gasteiger partial charge in [-0.1, -0.05) is 30.3 Å². The number of carbonyl (C=O) groups excluding carboxylic acids is 2. The third-order valence-corrected chi connectivity index (χ3v) is 3.65. The van der Waals surface area contributed by atoms with Crippen molar-refractivity contribution in [3.05, 3.63) is 35.9 Å². The van der Waals surface area contributed by atoms with Crippen molar-refractivity contribution in [2.75, 3.05) is 13.1 Å². The fourth-order valence-electron chi connectivity index (χ4n) is 2.52. The summed E-state index contributed by atoms with van der Waals surface area (Å²) in [6.45, 7) is 1.38. The summed E-state index contributed by atoms with van der Waals surface area (Å²) in [6.07, 6.45) is 3.20. The number of nitrogens with one attached hydrogen (secondary N) is 1. The third-order valence-electron chi connectivity index (χ3n) is 3.65. The summed E-state index contributed by atoms with van der Waals surface area (Å²) in [5.74, 6) is -0.157. The molecule has 0 saturated carbocycles. The van der Waals surface area contributed by atoms with Crippen molar-refractivity contribution in [1.82, 2.24) is 10.2 Å². The predicted octanol–water partition coefficient (Wildman–Crippen LogP) is 0.643. The van der Waals surface area contributed by atoms with Crippen LogP contribution in [0.15, 0.2) is 30.3 Å². The lowest BCUT2D eigenvalue weighted by Gasteiger charge is -2.31. The van der Waals surface area contributed by atoms with Crippen LogP contribution in [0, 0.1) is 0 Å². The highest BCUT2D eigenvalue weighted by atomic mass is 16.2. The van der Waals surface area contributed by atoms with Crippen LogP contribution < -0.4 is 11.1 Å². The molecule has 2 amide bonds. The smallest absolute Gasteiger partial charge is 0.241 e. The Kier molecular flexibility index (Phi) is 4.74.